The first-order valence-corrected chi connectivity index (χ1v) is 7.11. The van der Waals surface area contributed by atoms with E-state index in [1.54, 1.807) is 11.9 Å². The number of benzene rings is 1. The molecule has 1 aromatic rings. The first-order chi connectivity index (χ1) is 9.49. The molecule has 5 heteroatoms. The highest BCUT2D eigenvalue weighted by molar-refractivity contribution is 6.04. The Bertz CT molecular complexity index is 545. The van der Waals surface area contributed by atoms with Crippen molar-refractivity contribution in [3.8, 4) is 0 Å². The van der Waals surface area contributed by atoms with Crippen molar-refractivity contribution in [3.05, 3.63) is 23.8 Å². The maximum absolute atomic E-state index is 11.9. The van der Waals surface area contributed by atoms with Crippen LogP contribution in [0.1, 0.15) is 18.5 Å². The van der Waals surface area contributed by atoms with E-state index in [9.17, 15) is 4.79 Å². The number of hydrogen-bond acceptors (Lipinski definition) is 4. The Kier molecular flexibility index (Phi) is 3.18. The molecule has 0 aliphatic carbocycles. The van der Waals surface area contributed by atoms with E-state index >= 15 is 0 Å². The second-order valence-corrected chi connectivity index (χ2v) is 5.92. The molecule has 0 bridgehead atoms. The number of fused-ring (bicyclic) bond motifs is 1. The predicted molar refractivity (Wildman–Crippen MR) is 81.1 cm³/mol. The lowest BCUT2D eigenvalue weighted by Gasteiger charge is -2.40. The molecule has 1 saturated heterocycles. The summed E-state index contributed by atoms with van der Waals surface area (Å²) in [5.74, 6) is -0.0245. The fourth-order valence-corrected chi connectivity index (χ4v) is 3.25. The molecule has 0 saturated carbocycles. The van der Waals surface area contributed by atoms with E-state index in [1.807, 2.05) is 6.07 Å². The largest absolute Gasteiger partial charge is 0.366 e. The van der Waals surface area contributed by atoms with Gasteiger partial charge in [0, 0.05) is 44.0 Å². The standard InChI is InChI=1S/C15H22N4O/c1-10-9-17(2)6-7-19(10)11-4-5-12-13(8-11)18(3)15(20)14(12)16/h4-5,8,10,14H,6-7,9,16H2,1-3H3. The van der Waals surface area contributed by atoms with Crippen molar-refractivity contribution in [1.82, 2.24) is 4.90 Å². The molecule has 5 nitrogen and oxygen atoms in total. The smallest absolute Gasteiger partial charge is 0.248 e. The average Bonchev–Trinajstić information content (AvgIpc) is 2.64. The minimum atomic E-state index is -0.506. The lowest BCUT2D eigenvalue weighted by molar-refractivity contribution is -0.118. The molecule has 20 heavy (non-hydrogen) atoms. The lowest BCUT2D eigenvalue weighted by Crippen LogP contribution is -2.50. The van der Waals surface area contributed by atoms with Crippen LogP contribution in [0.15, 0.2) is 18.2 Å². The highest BCUT2D eigenvalue weighted by atomic mass is 16.2. The van der Waals surface area contributed by atoms with Crippen molar-refractivity contribution in [2.24, 2.45) is 5.73 Å². The van der Waals surface area contributed by atoms with Gasteiger partial charge in [0.2, 0.25) is 5.91 Å². The number of hydrogen-bond donors (Lipinski definition) is 1. The molecular weight excluding hydrogens is 252 g/mol. The van der Waals surface area contributed by atoms with E-state index in [2.05, 4.69) is 35.9 Å². The topological polar surface area (TPSA) is 52.8 Å². The summed E-state index contributed by atoms with van der Waals surface area (Å²) < 4.78 is 0. The number of anilines is 2. The molecule has 2 heterocycles. The minimum Gasteiger partial charge on any atom is -0.366 e. The van der Waals surface area contributed by atoms with E-state index in [4.69, 9.17) is 5.73 Å². The van der Waals surface area contributed by atoms with Gasteiger partial charge in [-0.05, 0) is 26.1 Å². The van der Waals surface area contributed by atoms with Crippen LogP contribution in [0.3, 0.4) is 0 Å². The fraction of sp³-hybridized carbons (Fsp3) is 0.533. The molecule has 2 aliphatic rings. The molecule has 1 amide bonds. The number of carbonyl (C=O) groups is 1. The Hall–Kier alpha value is -1.59. The van der Waals surface area contributed by atoms with E-state index in [1.165, 1.54) is 5.69 Å². The van der Waals surface area contributed by atoms with Crippen LogP contribution >= 0.6 is 0 Å². The third-order valence-electron chi connectivity index (χ3n) is 4.47. The normalized spacial score (nSPS) is 27.1. The summed E-state index contributed by atoms with van der Waals surface area (Å²) in [6.07, 6.45) is 0. The molecule has 2 aliphatic heterocycles. The second kappa shape index (κ2) is 4.75. The number of nitrogens with two attached hydrogens (primary N) is 1. The number of carbonyl (C=O) groups excluding carboxylic acids is 1. The van der Waals surface area contributed by atoms with Gasteiger partial charge in [-0.1, -0.05) is 6.07 Å². The zero-order chi connectivity index (χ0) is 14.4. The summed E-state index contributed by atoms with van der Waals surface area (Å²) >= 11 is 0. The monoisotopic (exact) mass is 274 g/mol. The highest BCUT2D eigenvalue weighted by Crippen LogP contribution is 2.37. The van der Waals surface area contributed by atoms with Crippen LogP contribution in [0.4, 0.5) is 11.4 Å². The molecule has 0 aromatic heterocycles. The second-order valence-electron chi connectivity index (χ2n) is 5.92. The van der Waals surface area contributed by atoms with Gasteiger partial charge in [0.25, 0.3) is 0 Å². The summed E-state index contributed by atoms with van der Waals surface area (Å²) in [4.78, 5) is 18.4. The van der Waals surface area contributed by atoms with Crippen LogP contribution in [0, 0.1) is 0 Å². The zero-order valence-corrected chi connectivity index (χ0v) is 12.3. The van der Waals surface area contributed by atoms with Crippen molar-refractivity contribution in [3.63, 3.8) is 0 Å². The highest BCUT2D eigenvalue weighted by Gasteiger charge is 2.33. The summed E-state index contributed by atoms with van der Waals surface area (Å²) in [5, 5.41) is 0. The van der Waals surface area contributed by atoms with Crippen molar-refractivity contribution in [2.45, 2.75) is 19.0 Å². The Morgan fingerprint density at radius 1 is 1.25 bits per heavy atom. The molecule has 1 aromatic carbocycles. The van der Waals surface area contributed by atoms with Crippen molar-refractivity contribution >= 4 is 17.3 Å². The summed E-state index contributed by atoms with van der Waals surface area (Å²) in [6.45, 7) is 5.38. The summed E-state index contributed by atoms with van der Waals surface area (Å²) in [7, 11) is 3.95. The molecule has 3 rings (SSSR count). The van der Waals surface area contributed by atoms with Crippen LogP contribution < -0.4 is 15.5 Å². The molecule has 0 spiro atoms. The van der Waals surface area contributed by atoms with Gasteiger partial charge >= 0.3 is 0 Å². The maximum atomic E-state index is 11.9. The Morgan fingerprint density at radius 2 is 2.00 bits per heavy atom. The van der Waals surface area contributed by atoms with Gasteiger partial charge in [0.1, 0.15) is 6.04 Å². The molecule has 2 unspecified atom stereocenters. The number of piperazine rings is 1. The van der Waals surface area contributed by atoms with Gasteiger partial charge in [0.05, 0.1) is 5.69 Å². The van der Waals surface area contributed by atoms with Gasteiger partial charge in [0.15, 0.2) is 0 Å². The zero-order valence-electron chi connectivity index (χ0n) is 12.3. The molecule has 2 N–H and O–H groups in total. The van der Waals surface area contributed by atoms with E-state index < -0.39 is 6.04 Å². The summed E-state index contributed by atoms with van der Waals surface area (Å²) in [6, 6.07) is 6.16. The SMILES string of the molecule is CC1CN(C)CCN1c1ccc2c(c1)N(C)C(=O)C2N. The van der Waals surface area contributed by atoms with Crippen LogP contribution in [0.2, 0.25) is 0 Å². The van der Waals surface area contributed by atoms with Gasteiger partial charge in [-0.2, -0.15) is 0 Å². The van der Waals surface area contributed by atoms with Crippen LogP contribution in [0.25, 0.3) is 0 Å². The third-order valence-corrected chi connectivity index (χ3v) is 4.47. The molecular formula is C15H22N4O. The van der Waals surface area contributed by atoms with Gasteiger partial charge in [-0.25, -0.2) is 0 Å². The predicted octanol–water partition coefficient (Wildman–Crippen LogP) is 0.803. The van der Waals surface area contributed by atoms with E-state index in [0.717, 1.165) is 30.9 Å². The molecule has 0 radical (unpaired) electrons. The fourth-order valence-electron chi connectivity index (χ4n) is 3.25. The first kappa shape index (κ1) is 13.4. The number of amides is 1. The quantitative estimate of drug-likeness (QED) is 0.823. The molecule has 108 valence electrons. The number of likely N-dealkylation sites (N-methyl/N-ethyl adjacent to an activating group) is 2. The Morgan fingerprint density at radius 3 is 2.70 bits per heavy atom. The molecule has 1 fully saturated rings. The van der Waals surface area contributed by atoms with Gasteiger partial charge in [-0.15, -0.1) is 0 Å². The minimum absolute atomic E-state index is 0.0245. The van der Waals surface area contributed by atoms with Crippen molar-refractivity contribution < 1.29 is 4.79 Å². The Balaban J connectivity index is 1.92. The van der Waals surface area contributed by atoms with E-state index in [-0.39, 0.29) is 5.91 Å². The van der Waals surface area contributed by atoms with Crippen molar-refractivity contribution in [1.29, 1.82) is 0 Å². The first-order valence-electron chi connectivity index (χ1n) is 7.11. The third kappa shape index (κ3) is 1.98. The molecule has 2 atom stereocenters. The van der Waals surface area contributed by atoms with Crippen molar-refractivity contribution in [2.75, 3.05) is 43.5 Å². The maximum Gasteiger partial charge on any atom is 0.248 e. The average molecular weight is 274 g/mol. The Labute approximate surface area is 119 Å². The van der Waals surface area contributed by atoms with Gasteiger partial charge in [-0.3, -0.25) is 4.79 Å². The van der Waals surface area contributed by atoms with Crippen LogP contribution in [0.5, 0.6) is 0 Å². The number of rotatable bonds is 1. The lowest BCUT2D eigenvalue weighted by atomic mass is 10.1. The van der Waals surface area contributed by atoms with Crippen LogP contribution in [-0.2, 0) is 4.79 Å². The summed E-state index contributed by atoms with van der Waals surface area (Å²) in [5.41, 5.74) is 9.01. The van der Waals surface area contributed by atoms with E-state index in [0.29, 0.717) is 6.04 Å². The van der Waals surface area contributed by atoms with Crippen LogP contribution in [-0.4, -0.2) is 50.6 Å². The number of nitrogens with zero attached hydrogens (tertiary/aromatic N) is 3. The van der Waals surface area contributed by atoms with Gasteiger partial charge < -0.3 is 20.4 Å².